The number of anilines is 1. The zero-order chi connectivity index (χ0) is 12.8. The van der Waals surface area contributed by atoms with Crippen molar-refractivity contribution in [1.82, 2.24) is 9.97 Å². The molecule has 1 saturated heterocycles. The number of rotatable bonds is 6. The van der Waals surface area contributed by atoms with Gasteiger partial charge in [0.25, 0.3) is 0 Å². The van der Waals surface area contributed by atoms with Gasteiger partial charge in [0.2, 0.25) is 11.8 Å². The molecule has 1 unspecified atom stereocenters. The molecule has 1 atom stereocenters. The molecule has 0 saturated carbocycles. The van der Waals surface area contributed by atoms with Crippen LogP contribution >= 0.6 is 0 Å². The molecule has 2 heterocycles. The Morgan fingerprint density at radius 2 is 2.44 bits per heavy atom. The molecule has 1 aromatic heterocycles. The minimum atomic E-state index is 0.128. The van der Waals surface area contributed by atoms with E-state index in [4.69, 9.17) is 9.47 Å². The molecule has 1 aliphatic heterocycles. The second-order valence-electron chi connectivity index (χ2n) is 4.83. The topological polar surface area (TPSA) is 56.3 Å². The standard InChI is InChI=1S/C13H21N3O2/c1-10(2)18-12-4-7-15-13(16-12)14-6-3-11-5-8-17-9-11/h4,7,10-11H,3,5-6,8-9H2,1-2H3,(H,14,15,16). The lowest BCUT2D eigenvalue weighted by atomic mass is 10.1. The Morgan fingerprint density at radius 1 is 1.56 bits per heavy atom. The molecule has 18 heavy (non-hydrogen) atoms. The van der Waals surface area contributed by atoms with Crippen LogP contribution in [0.5, 0.6) is 5.88 Å². The highest BCUT2D eigenvalue weighted by Gasteiger charge is 2.14. The summed E-state index contributed by atoms with van der Waals surface area (Å²) < 4.78 is 10.9. The van der Waals surface area contributed by atoms with E-state index in [1.807, 2.05) is 13.8 Å². The Balaban J connectivity index is 1.77. The molecule has 1 fully saturated rings. The van der Waals surface area contributed by atoms with Gasteiger partial charge in [0, 0.05) is 32.0 Å². The van der Waals surface area contributed by atoms with E-state index in [-0.39, 0.29) is 6.10 Å². The monoisotopic (exact) mass is 251 g/mol. The first-order valence-corrected chi connectivity index (χ1v) is 6.55. The van der Waals surface area contributed by atoms with Crippen LogP contribution in [0.15, 0.2) is 12.3 Å². The first-order chi connectivity index (χ1) is 8.74. The summed E-state index contributed by atoms with van der Waals surface area (Å²) >= 11 is 0. The number of nitrogens with one attached hydrogen (secondary N) is 1. The normalized spacial score (nSPS) is 19.2. The Kier molecular flexibility index (Phi) is 4.75. The zero-order valence-electron chi connectivity index (χ0n) is 11.1. The van der Waals surface area contributed by atoms with E-state index in [1.165, 1.54) is 6.42 Å². The van der Waals surface area contributed by atoms with E-state index in [2.05, 4.69) is 15.3 Å². The summed E-state index contributed by atoms with van der Waals surface area (Å²) in [6.07, 6.45) is 4.10. The van der Waals surface area contributed by atoms with Gasteiger partial charge in [-0.2, -0.15) is 4.98 Å². The SMILES string of the molecule is CC(C)Oc1ccnc(NCCC2CCOC2)n1. The maximum Gasteiger partial charge on any atom is 0.225 e. The third-order valence-corrected chi connectivity index (χ3v) is 2.85. The predicted octanol–water partition coefficient (Wildman–Crippen LogP) is 2.10. The minimum Gasteiger partial charge on any atom is -0.475 e. The molecule has 0 aromatic carbocycles. The van der Waals surface area contributed by atoms with Gasteiger partial charge in [-0.1, -0.05) is 0 Å². The van der Waals surface area contributed by atoms with Crippen molar-refractivity contribution in [3.8, 4) is 5.88 Å². The third-order valence-electron chi connectivity index (χ3n) is 2.85. The number of hydrogen-bond donors (Lipinski definition) is 1. The molecule has 5 nitrogen and oxygen atoms in total. The summed E-state index contributed by atoms with van der Waals surface area (Å²) in [6, 6.07) is 1.77. The van der Waals surface area contributed by atoms with Gasteiger partial charge in [0.1, 0.15) is 0 Å². The second-order valence-corrected chi connectivity index (χ2v) is 4.83. The van der Waals surface area contributed by atoms with E-state index >= 15 is 0 Å². The summed E-state index contributed by atoms with van der Waals surface area (Å²) in [5, 5.41) is 3.23. The first-order valence-electron chi connectivity index (χ1n) is 6.55. The predicted molar refractivity (Wildman–Crippen MR) is 69.8 cm³/mol. The lowest BCUT2D eigenvalue weighted by Crippen LogP contribution is -2.12. The molecule has 1 aliphatic rings. The summed E-state index contributed by atoms with van der Waals surface area (Å²) in [7, 11) is 0. The molecule has 0 spiro atoms. The molecule has 1 aromatic rings. The van der Waals surface area contributed by atoms with Crippen molar-refractivity contribution in [2.75, 3.05) is 25.1 Å². The molecular weight excluding hydrogens is 230 g/mol. The van der Waals surface area contributed by atoms with Gasteiger partial charge < -0.3 is 14.8 Å². The molecular formula is C13H21N3O2. The van der Waals surface area contributed by atoms with Crippen molar-refractivity contribution in [1.29, 1.82) is 0 Å². The highest BCUT2D eigenvalue weighted by molar-refractivity contribution is 5.27. The highest BCUT2D eigenvalue weighted by Crippen LogP contribution is 2.16. The molecule has 5 heteroatoms. The summed E-state index contributed by atoms with van der Waals surface area (Å²) in [5.74, 6) is 1.92. The van der Waals surface area contributed by atoms with Gasteiger partial charge in [-0.05, 0) is 32.6 Å². The average Bonchev–Trinajstić information content (AvgIpc) is 2.82. The van der Waals surface area contributed by atoms with E-state index in [1.54, 1.807) is 12.3 Å². The lowest BCUT2D eigenvalue weighted by Gasteiger charge is -2.11. The Bertz CT molecular complexity index is 365. The molecule has 0 aliphatic carbocycles. The van der Waals surface area contributed by atoms with Crippen molar-refractivity contribution < 1.29 is 9.47 Å². The van der Waals surface area contributed by atoms with Gasteiger partial charge in [-0.15, -0.1) is 0 Å². The number of hydrogen-bond acceptors (Lipinski definition) is 5. The van der Waals surface area contributed by atoms with Crippen LogP contribution in [0, 0.1) is 5.92 Å². The smallest absolute Gasteiger partial charge is 0.225 e. The van der Waals surface area contributed by atoms with Gasteiger partial charge >= 0.3 is 0 Å². The Labute approximate surface area is 108 Å². The fourth-order valence-corrected chi connectivity index (χ4v) is 1.93. The average molecular weight is 251 g/mol. The molecule has 100 valence electrons. The number of ether oxygens (including phenoxy) is 2. The van der Waals surface area contributed by atoms with E-state index in [0.29, 0.717) is 17.7 Å². The van der Waals surface area contributed by atoms with Crippen molar-refractivity contribution >= 4 is 5.95 Å². The van der Waals surface area contributed by atoms with Crippen molar-refractivity contribution in [3.05, 3.63) is 12.3 Å². The van der Waals surface area contributed by atoms with Gasteiger partial charge in [-0.25, -0.2) is 4.98 Å². The second kappa shape index (κ2) is 6.54. The van der Waals surface area contributed by atoms with Crippen LogP contribution in [-0.2, 0) is 4.74 Å². The molecule has 0 bridgehead atoms. The van der Waals surface area contributed by atoms with Crippen LogP contribution in [0.3, 0.4) is 0 Å². The highest BCUT2D eigenvalue weighted by atomic mass is 16.5. The van der Waals surface area contributed by atoms with Crippen LogP contribution in [0.4, 0.5) is 5.95 Å². The Morgan fingerprint density at radius 3 is 3.17 bits per heavy atom. The van der Waals surface area contributed by atoms with Gasteiger partial charge in [0.15, 0.2) is 0 Å². The fourth-order valence-electron chi connectivity index (χ4n) is 1.93. The maximum atomic E-state index is 5.52. The van der Waals surface area contributed by atoms with E-state index < -0.39 is 0 Å². The lowest BCUT2D eigenvalue weighted by molar-refractivity contribution is 0.185. The molecule has 0 amide bonds. The largest absolute Gasteiger partial charge is 0.475 e. The van der Waals surface area contributed by atoms with Crippen molar-refractivity contribution in [2.24, 2.45) is 5.92 Å². The molecule has 0 radical (unpaired) electrons. The van der Waals surface area contributed by atoms with Crippen LogP contribution in [-0.4, -0.2) is 35.8 Å². The summed E-state index contributed by atoms with van der Waals surface area (Å²) in [5.41, 5.74) is 0. The first kappa shape index (κ1) is 13.1. The maximum absolute atomic E-state index is 5.52. The minimum absolute atomic E-state index is 0.128. The van der Waals surface area contributed by atoms with Crippen molar-refractivity contribution in [2.45, 2.75) is 32.8 Å². The fraction of sp³-hybridized carbons (Fsp3) is 0.692. The van der Waals surface area contributed by atoms with E-state index in [0.717, 1.165) is 26.2 Å². The summed E-state index contributed by atoms with van der Waals surface area (Å²) in [6.45, 7) is 6.63. The number of aromatic nitrogens is 2. The summed E-state index contributed by atoms with van der Waals surface area (Å²) in [4.78, 5) is 8.48. The zero-order valence-corrected chi connectivity index (χ0v) is 11.1. The van der Waals surface area contributed by atoms with Crippen LogP contribution in [0.2, 0.25) is 0 Å². The van der Waals surface area contributed by atoms with Crippen molar-refractivity contribution in [3.63, 3.8) is 0 Å². The van der Waals surface area contributed by atoms with Gasteiger partial charge in [-0.3, -0.25) is 0 Å². The quantitative estimate of drug-likeness (QED) is 0.839. The molecule has 2 rings (SSSR count). The van der Waals surface area contributed by atoms with Crippen LogP contribution < -0.4 is 10.1 Å². The number of nitrogens with zero attached hydrogens (tertiary/aromatic N) is 2. The third kappa shape index (κ3) is 4.14. The molecule has 1 N–H and O–H groups in total. The van der Waals surface area contributed by atoms with Crippen LogP contribution in [0.1, 0.15) is 26.7 Å². The van der Waals surface area contributed by atoms with Gasteiger partial charge in [0.05, 0.1) is 6.10 Å². The van der Waals surface area contributed by atoms with E-state index in [9.17, 15) is 0 Å². The Hall–Kier alpha value is -1.36. The van der Waals surface area contributed by atoms with Crippen LogP contribution in [0.25, 0.3) is 0 Å².